The molecule has 2 aromatic rings. The summed E-state index contributed by atoms with van der Waals surface area (Å²) in [6.07, 6.45) is 5.79. The van der Waals surface area contributed by atoms with Gasteiger partial charge < -0.3 is 4.74 Å². The highest BCUT2D eigenvalue weighted by Crippen LogP contribution is 2.40. The maximum Gasteiger partial charge on any atom is 0.291 e. The van der Waals surface area contributed by atoms with E-state index in [-0.39, 0.29) is 5.60 Å². The van der Waals surface area contributed by atoms with Gasteiger partial charge in [0.05, 0.1) is 6.54 Å². The van der Waals surface area contributed by atoms with E-state index >= 15 is 0 Å². The molecule has 0 saturated carbocycles. The summed E-state index contributed by atoms with van der Waals surface area (Å²) < 4.78 is 6.37. The van der Waals surface area contributed by atoms with Crippen molar-refractivity contribution in [1.82, 2.24) is 9.88 Å². The fourth-order valence-corrected chi connectivity index (χ4v) is 4.56. The van der Waals surface area contributed by atoms with E-state index in [1.807, 2.05) is 6.20 Å². The topological polar surface area (TPSA) is 49.8 Å². The number of fused-ring (bicyclic) bond motifs is 4. The van der Waals surface area contributed by atoms with Gasteiger partial charge in [0, 0.05) is 30.6 Å². The molecule has 5 nitrogen and oxygen atoms in total. The molecule has 1 aromatic carbocycles. The highest BCUT2D eigenvalue weighted by atomic mass is 16.5. The molecule has 25 heavy (non-hydrogen) atoms. The van der Waals surface area contributed by atoms with Crippen LogP contribution in [0.2, 0.25) is 0 Å². The van der Waals surface area contributed by atoms with Crippen LogP contribution in [0.3, 0.4) is 0 Å². The van der Waals surface area contributed by atoms with Gasteiger partial charge in [-0.3, -0.25) is 10.2 Å². The monoisotopic (exact) mass is 336 g/mol. The summed E-state index contributed by atoms with van der Waals surface area (Å²) in [6, 6.07) is 9.11. The molecule has 0 radical (unpaired) electrons. The number of nitrogens with zero attached hydrogens (tertiary/aromatic N) is 3. The summed E-state index contributed by atoms with van der Waals surface area (Å²) in [5, 5.41) is 5.63. The van der Waals surface area contributed by atoms with Crippen LogP contribution in [0.15, 0.2) is 35.5 Å². The van der Waals surface area contributed by atoms with E-state index in [1.165, 1.54) is 36.8 Å². The lowest BCUT2D eigenvalue weighted by Crippen LogP contribution is -2.43. The van der Waals surface area contributed by atoms with Gasteiger partial charge in [-0.2, -0.15) is 0 Å². The Bertz CT molecular complexity index is 849. The maximum atomic E-state index is 6.37. The van der Waals surface area contributed by atoms with Gasteiger partial charge in [0.15, 0.2) is 0 Å². The number of nitrogens with one attached hydrogen (secondary N) is 1. The third-order valence-corrected chi connectivity index (χ3v) is 5.89. The van der Waals surface area contributed by atoms with E-state index in [2.05, 4.69) is 51.4 Å². The first-order valence-electron chi connectivity index (χ1n) is 9.29. The third kappa shape index (κ3) is 2.67. The van der Waals surface area contributed by atoms with Gasteiger partial charge in [-0.05, 0) is 43.8 Å². The van der Waals surface area contributed by atoms with E-state index in [9.17, 15) is 0 Å². The molecule has 5 heteroatoms. The molecule has 1 spiro atoms. The van der Waals surface area contributed by atoms with Gasteiger partial charge in [-0.15, -0.1) is 0 Å². The molecule has 3 atom stereocenters. The Morgan fingerprint density at radius 1 is 1.24 bits per heavy atom. The van der Waals surface area contributed by atoms with Crippen molar-refractivity contribution in [2.45, 2.75) is 31.8 Å². The largest absolute Gasteiger partial charge is 0.455 e. The van der Waals surface area contributed by atoms with Crippen molar-refractivity contribution < 1.29 is 4.74 Å². The molecule has 0 amide bonds. The number of hydrogen-bond donors (Lipinski definition) is 1. The maximum absolute atomic E-state index is 6.37. The molecule has 2 unspecified atom stereocenters. The van der Waals surface area contributed by atoms with Crippen LogP contribution in [0.5, 0.6) is 0 Å². The molecule has 2 saturated heterocycles. The number of aliphatic imine (C=N–C) groups is 1. The van der Waals surface area contributed by atoms with Gasteiger partial charge in [0.1, 0.15) is 11.4 Å². The molecule has 3 aliphatic rings. The molecule has 4 heterocycles. The Morgan fingerprint density at radius 2 is 2.20 bits per heavy atom. The minimum atomic E-state index is -0.114. The lowest BCUT2D eigenvalue weighted by molar-refractivity contribution is 0.0475. The Balaban J connectivity index is 1.33. The van der Waals surface area contributed by atoms with Crippen LogP contribution in [0.25, 0.3) is 10.8 Å². The smallest absolute Gasteiger partial charge is 0.291 e. The number of rotatable bonds is 1. The average Bonchev–Trinajstić information content (AvgIpc) is 3.06. The predicted octanol–water partition coefficient (Wildman–Crippen LogP) is 3.20. The van der Waals surface area contributed by atoms with E-state index in [4.69, 9.17) is 4.74 Å². The first-order chi connectivity index (χ1) is 12.2. The highest BCUT2D eigenvalue weighted by molar-refractivity contribution is 5.92. The van der Waals surface area contributed by atoms with Crippen LogP contribution in [-0.4, -0.2) is 47.7 Å². The second-order valence-electron chi connectivity index (χ2n) is 7.76. The van der Waals surface area contributed by atoms with Crippen molar-refractivity contribution in [2.75, 3.05) is 31.5 Å². The Labute approximate surface area is 148 Å². The van der Waals surface area contributed by atoms with E-state index in [1.54, 1.807) is 0 Å². The number of pyridine rings is 1. The molecule has 2 fully saturated rings. The molecular formula is C20H24N4O. The summed E-state index contributed by atoms with van der Waals surface area (Å²) in [4.78, 5) is 11.7. The van der Waals surface area contributed by atoms with Crippen LogP contribution in [0.1, 0.15) is 24.8 Å². The van der Waals surface area contributed by atoms with Crippen LogP contribution in [0.4, 0.5) is 5.82 Å². The summed E-state index contributed by atoms with van der Waals surface area (Å²) in [5.41, 5.74) is 1.13. The zero-order valence-corrected chi connectivity index (χ0v) is 14.7. The number of anilines is 1. The quantitative estimate of drug-likeness (QED) is 0.869. The molecule has 1 aromatic heterocycles. The Morgan fingerprint density at radius 3 is 3.16 bits per heavy atom. The van der Waals surface area contributed by atoms with Gasteiger partial charge in [0.2, 0.25) is 0 Å². The summed E-state index contributed by atoms with van der Waals surface area (Å²) >= 11 is 0. The van der Waals surface area contributed by atoms with Crippen molar-refractivity contribution in [3.05, 3.63) is 36.0 Å². The van der Waals surface area contributed by atoms with Crippen LogP contribution < -0.4 is 5.32 Å². The average molecular weight is 336 g/mol. The van der Waals surface area contributed by atoms with Crippen LogP contribution >= 0.6 is 0 Å². The van der Waals surface area contributed by atoms with Gasteiger partial charge >= 0.3 is 0 Å². The summed E-state index contributed by atoms with van der Waals surface area (Å²) in [5.74, 6) is 1.40. The van der Waals surface area contributed by atoms with Crippen LogP contribution in [-0.2, 0) is 4.74 Å². The number of ether oxygens (including phenoxy) is 1. The minimum Gasteiger partial charge on any atom is -0.455 e. The Hall–Kier alpha value is -2.14. The number of aromatic nitrogens is 1. The lowest BCUT2D eigenvalue weighted by atomic mass is 9.86. The fourth-order valence-electron chi connectivity index (χ4n) is 4.56. The summed E-state index contributed by atoms with van der Waals surface area (Å²) in [7, 11) is 0. The fraction of sp³-hybridized carbons (Fsp3) is 0.500. The van der Waals surface area contributed by atoms with E-state index < -0.39 is 0 Å². The predicted molar refractivity (Wildman–Crippen MR) is 100 cm³/mol. The van der Waals surface area contributed by atoms with Crippen molar-refractivity contribution in [3.63, 3.8) is 0 Å². The van der Waals surface area contributed by atoms with Crippen molar-refractivity contribution in [1.29, 1.82) is 0 Å². The van der Waals surface area contributed by atoms with Gasteiger partial charge in [0.25, 0.3) is 6.02 Å². The second kappa shape index (κ2) is 5.70. The minimum absolute atomic E-state index is 0.114. The van der Waals surface area contributed by atoms with E-state index in [0.29, 0.717) is 11.9 Å². The second-order valence-corrected chi connectivity index (χ2v) is 7.76. The first kappa shape index (κ1) is 15.1. The highest BCUT2D eigenvalue weighted by Gasteiger charge is 2.52. The number of amidine groups is 1. The first-order valence-corrected chi connectivity index (χ1v) is 9.29. The van der Waals surface area contributed by atoms with Gasteiger partial charge in [-0.1, -0.05) is 24.1 Å². The number of hydrogen-bond acceptors (Lipinski definition) is 5. The van der Waals surface area contributed by atoms with Crippen LogP contribution in [0, 0.1) is 12.8 Å². The molecule has 0 aliphatic carbocycles. The molecular weight excluding hydrogens is 312 g/mol. The molecule has 1 N–H and O–H groups in total. The van der Waals surface area contributed by atoms with Gasteiger partial charge in [-0.25, -0.2) is 9.98 Å². The Kier molecular flexibility index (Phi) is 3.45. The zero-order chi connectivity index (χ0) is 16.9. The van der Waals surface area contributed by atoms with Crippen molar-refractivity contribution in [2.24, 2.45) is 10.9 Å². The standard InChI is InChI=1S/C20H24N4O/c1-14-5-6-15-9-18(21-10-16(15)8-14)23-19-22-12-20(25-19)13-24-7-3-2-4-17(20)11-24/h5-6,8-10,17H,2-4,7,11-13H2,1H3,(H,21,22,23)/t17?,20-/m0/s1. The lowest BCUT2D eigenvalue weighted by Gasteiger charge is -2.30. The SMILES string of the molecule is Cc1ccc2cc(NC3=NC[C@@]4(CN5CCCCC4C5)O3)ncc2c1. The number of benzene rings is 1. The normalized spacial score (nSPS) is 31.0. The van der Waals surface area contributed by atoms with Crippen molar-refractivity contribution in [3.8, 4) is 0 Å². The van der Waals surface area contributed by atoms with E-state index in [0.717, 1.165) is 30.8 Å². The third-order valence-electron chi connectivity index (χ3n) is 5.89. The number of aryl methyl sites for hydroxylation is 1. The summed E-state index contributed by atoms with van der Waals surface area (Å²) in [6.45, 7) is 6.24. The molecule has 2 bridgehead atoms. The molecule has 5 rings (SSSR count). The molecule has 130 valence electrons. The molecule has 3 aliphatic heterocycles. The zero-order valence-electron chi connectivity index (χ0n) is 14.7. The van der Waals surface area contributed by atoms with Crippen molar-refractivity contribution >= 4 is 22.6 Å².